The van der Waals surface area contributed by atoms with Gasteiger partial charge in [0, 0.05) is 17.3 Å². The molecule has 1 fully saturated rings. The molecule has 2 rings (SSSR count). The van der Waals surface area contributed by atoms with Crippen LogP contribution in [0.1, 0.15) is 17.3 Å². The molecule has 1 aliphatic heterocycles. The Balaban J connectivity index is 1.98. The predicted molar refractivity (Wildman–Crippen MR) is 75.4 cm³/mol. The smallest absolute Gasteiger partial charge is 0.248 e. The standard InChI is InChI=1S/C14H19N3O3/c1-2-16-12-8-20-7-11(12)14(19)17-10-5-3-9(4-6-10)13(15)18/h3-6,11-12,16H,2,7-8H2,1H3,(H2,15,18)(H,17,19). The highest BCUT2D eigenvalue weighted by molar-refractivity contribution is 5.95. The quantitative estimate of drug-likeness (QED) is 0.724. The van der Waals surface area contributed by atoms with Crippen molar-refractivity contribution in [2.24, 2.45) is 11.7 Å². The molecule has 108 valence electrons. The summed E-state index contributed by atoms with van der Waals surface area (Å²) in [7, 11) is 0. The van der Waals surface area contributed by atoms with E-state index < -0.39 is 5.91 Å². The Bertz CT molecular complexity index is 487. The molecule has 0 aliphatic carbocycles. The number of carbonyl (C=O) groups is 2. The van der Waals surface area contributed by atoms with Gasteiger partial charge in [0.25, 0.3) is 0 Å². The normalized spacial score (nSPS) is 21.6. The number of nitrogens with one attached hydrogen (secondary N) is 2. The van der Waals surface area contributed by atoms with Crippen molar-refractivity contribution in [3.05, 3.63) is 29.8 Å². The number of rotatable bonds is 5. The summed E-state index contributed by atoms with van der Waals surface area (Å²) in [5, 5.41) is 6.07. The molecule has 2 unspecified atom stereocenters. The number of nitrogens with two attached hydrogens (primary N) is 1. The molecule has 0 bridgehead atoms. The van der Waals surface area contributed by atoms with Gasteiger partial charge in [-0.05, 0) is 30.8 Å². The second-order valence-electron chi connectivity index (χ2n) is 4.74. The number of anilines is 1. The van der Waals surface area contributed by atoms with Crippen LogP contribution in [0.15, 0.2) is 24.3 Å². The average Bonchev–Trinajstić information content (AvgIpc) is 2.88. The van der Waals surface area contributed by atoms with Crippen LogP contribution in [0.2, 0.25) is 0 Å². The fourth-order valence-corrected chi connectivity index (χ4v) is 2.23. The molecule has 6 nitrogen and oxygen atoms in total. The lowest BCUT2D eigenvalue weighted by Gasteiger charge is -2.17. The number of amides is 2. The third-order valence-corrected chi connectivity index (χ3v) is 3.32. The Morgan fingerprint density at radius 2 is 2.00 bits per heavy atom. The Morgan fingerprint density at radius 3 is 2.60 bits per heavy atom. The Labute approximate surface area is 117 Å². The third-order valence-electron chi connectivity index (χ3n) is 3.32. The lowest BCUT2D eigenvalue weighted by Crippen LogP contribution is -2.41. The van der Waals surface area contributed by atoms with Crippen molar-refractivity contribution in [3.63, 3.8) is 0 Å². The SMILES string of the molecule is CCNC1COCC1C(=O)Nc1ccc(C(N)=O)cc1. The third kappa shape index (κ3) is 3.34. The van der Waals surface area contributed by atoms with Crippen LogP contribution in [0.25, 0.3) is 0 Å². The highest BCUT2D eigenvalue weighted by atomic mass is 16.5. The molecule has 1 saturated heterocycles. The lowest BCUT2D eigenvalue weighted by molar-refractivity contribution is -0.120. The van der Waals surface area contributed by atoms with Crippen LogP contribution in [-0.2, 0) is 9.53 Å². The molecule has 0 spiro atoms. The van der Waals surface area contributed by atoms with E-state index in [2.05, 4.69) is 10.6 Å². The number of ether oxygens (including phenoxy) is 1. The first-order valence-electron chi connectivity index (χ1n) is 6.63. The lowest BCUT2D eigenvalue weighted by atomic mass is 10.0. The van der Waals surface area contributed by atoms with Gasteiger partial charge >= 0.3 is 0 Å². The Kier molecular flexibility index (Phi) is 4.70. The Morgan fingerprint density at radius 1 is 1.30 bits per heavy atom. The minimum atomic E-state index is -0.487. The van der Waals surface area contributed by atoms with Crippen LogP contribution in [0.3, 0.4) is 0 Å². The maximum absolute atomic E-state index is 12.2. The van der Waals surface area contributed by atoms with Crippen LogP contribution in [-0.4, -0.2) is 37.6 Å². The summed E-state index contributed by atoms with van der Waals surface area (Å²) in [5.74, 6) is -0.773. The van der Waals surface area contributed by atoms with Gasteiger partial charge in [0.2, 0.25) is 11.8 Å². The van der Waals surface area contributed by atoms with Gasteiger partial charge in [0.05, 0.1) is 19.1 Å². The summed E-state index contributed by atoms with van der Waals surface area (Å²) >= 11 is 0. The largest absolute Gasteiger partial charge is 0.379 e. The van der Waals surface area contributed by atoms with E-state index in [9.17, 15) is 9.59 Å². The maximum atomic E-state index is 12.2. The molecule has 0 radical (unpaired) electrons. The fourth-order valence-electron chi connectivity index (χ4n) is 2.23. The first-order valence-corrected chi connectivity index (χ1v) is 6.63. The number of benzene rings is 1. The first kappa shape index (κ1) is 14.5. The van der Waals surface area contributed by atoms with Crippen molar-refractivity contribution >= 4 is 17.5 Å². The van der Waals surface area contributed by atoms with Gasteiger partial charge in [-0.15, -0.1) is 0 Å². The molecule has 20 heavy (non-hydrogen) atoms. The average molecular weight is 277 g/mol. The maximum Gasteiger partial charge on any atom is 0.248 e. The predicted octanol–water partition coefficient (Wildman–Crippen LogP) is 0.349. The second kappa shape index (κ2) is 6.49. The summed E-state index contributed by atoms with van der Waals surface area (Å²) in [6.45, 7) is 3.76. The zero-order valence-corrected chi connectivity index (χ0v) is 11.4. The molecule has 1 aliphatic rings. The number of primary amides is 1. The van der Waals surface area contributed by atoms with Gasteiger partial charge in [-0.3, -0.25) is 9.59 Å². The monoisotopic (exact) mass is 277 g/mol. The number of carbonyl (C=O) groups excluding carboxylic acids is 2. The van der Waals surface area contributed by atoms with Crippen molar-refractivity contribution in [1.29, 1.82) is 0 Å². The molecule has 1 aromatic carbocycles. The van der Waals surface area contributed by atoms with E-state index in [-0.39, 0.29) is 17.9 Å². The highest BCUT2D eigenvalue weighted by Crippen LogP contribution is 2.17. The topological polar surface area (TPSA) is 93.4 Å². The van der Waals surface area contributed by atoms with Crippen molar-refractivity contribution in [2.45, 2.75) is 13.0 Å². The summed E-state index contributed by atoms with van der Waals surface area (Å²) in [5.41, 5.74) is 6.22. The van der Waals surface area contributed by atoms with Gasteiger partial charge in [-0.2, -0.15) is 0 Å². The first-order chi connectivity index (χ1) is 9.61. The minimum absolute atomic E-state index is 0.0462. The summed E-state index contributed by atoms with van der Waals surface area (Å²) in [6.07, 6.45) is 0. The number of hydrogen-bond acceptors (Lipinski definition) is 4. The van der Waals surface area contributed by atoms with E-state index in [1.807, 2.05) is 6.92 Å². The summed E-state index contributed by atoms with van der Waals surface area (Å²) < 4.78 is 5.35. The van der Waals surface area contributed by atoms with E-state index in [1.54, 1.807) is 24.3 Å². The molecule has 4 N–H and O–H groups in total. The van der Waals surface area contributed by atoms with E-state index in [1.165, 1.54) is 0 Å². The van der Waals surface area contributed by atoms with Gasteiger partial charge < -0.3 is 21.1 Å². The van der Waals surface area contributed by atoms with E-state index >= 15 is 0 Å². The van der Waals surface area contributed by atoms with Crippen LogP contribution in [0.5, 0.6) is 0 Å². The molecule has 0 saturated carbocycles. The van der Waals surface area contributed by atoms with E-state index in [0.29, 0.717) is 24.5 Å². The van der Waals surface area contributed by atoms with E-state index in [0.717, 1.165) is 6.54 Å². The molecule has 2 amide bonds. The van der Waals surface area contributed by atoms with Crippen LogP contribution >= 0.6 is 0 Å². The van der Waals surface area contributed by atoms with Crippen molar-refractivity contribution in [2.75, 3.05) is 25.1 Å². The second-order valence-corrected chi connectivity index (χ2v) is 4.74. The minimum Gasteiger partial charge on any atom is -0.379 e. The summed E-state index contributed by atoms with van der Waals surface area (Å²) in [6, 6.07) is 6.55. The molecule has 6 heteroatoms. The van der Waals surface area contributed by atoms with Crippen LogP contribution < -0.4 is 16.4 Å². The zero-order valence-electron chi connectivity index (χ0n) is 11.4. The fraction of sp³-hybridized carbons (Fsp3) is 0.429. The Hall–Kier alpha value is -1.92. The van der Waals surface area contributed by atoms with Gasteiger partial charge in [-0.25, -0.2) is 0 Å². The van der Waals surface area contributed by atoms with Gasteiger partial charge in [0.1, 0.15) is 0 Å². The molecule has 1 heterocycles. The number of likely N-dealkylation sites (N-methyl/N-ethyl adjacent to an activating group) is 1. The van der Waals surface area contributed by atoms with Crippen LogP contribution in [0.4, 0.5) is 5.69 Å². The van der Waals surface area contributed by atoms with Crippen molar-refractivity contribution in [3.8, 4) is 0 Å². The molecule has 1 aromatic rings. The van der Waals surface area contributed by atoms with Crippen LogP contribution in [0, 0.1) is 5.92 Å². The molecule has 2 atom stereocenters. The van der Waals surface area contributed by atoms with Crippen molar-refractivity contribution in [1.82, 2.24) is 5.32 Å². The number of hydrogen-bond donors (Lipinski definition) is 3. The van der Waals surface area contributed by atoms with Crippen molar-refractivity contribution < 1.29 is 14.3 Å². The zero-order chi connectivity index (χ0) is 14.5. The molecular weight excluding hydrogens is 258 g/mol. The molecular formula is C14H19N3O3. The van der Waals surface area contributed by atoms with E-state index in [4.69, 9.17) is 10.5 Å². The highest BCUT2D eigenvalue weighted by Gasteiger charge is 2.33. The molecule has 0 aromatic heterocycles. The summed E-state index contributed by atoms with van der Waals surface area (Å²) in [4.78, 5) is 23.2. The van der Waals surface area contributed by atoms with Gasteiger partial charge in [-0.1, -0.05) is 6.92 Å². The van der Waals surface area contributed by atoms with Gasteiger partial charge in [0.15, 0.2) is 0 Å².